The molecule has 0 aliphatic carbocycles. The van der Waals surface area contributed by atoms with E-state index in [9.17, 15) is 0 Å². The molecular formula is C13H11ClN4. The Bertz CT molecular complexity index is 577. The van der Waals surface area contributed by atoms with Crippen LogP contribution in [0.2, 0.25) is 5.15 Å². The molecule has 0 unspecified atom stereocenters. The molecule has 2 rings (SSSR count). The lowest BCUT2D eigenvalue weighted by atomic mass is 10.2. The maximum Gasteiger partial charge on any atom is 0.132 e. The van der Waals surface area contributed by atoms with Gasteiger partial charge in [-0.05, 0) is 24.3 Å². The Morgan fingerprint density at radius 3 is 2.89 bits per heavy atom. The van der Waals surface area contributed by atoms with Gasteiger partial charge in [-0.15, -0.1) is 0 Å². The molecule has 0 aliphatic rings. The highest BCUT2D eigenvalue weighted by molar-refractivity contribution is 6.29. The number of hydrogen-bond acceptors (Lipinski definition) is 4. The highest BCUT2D eigenvalue weighted by atomic mass is 35.5. The smallest absolute Gasteiger partial charge is 0.132 e. The molecule has 0 saturated carbocycles. The van der Waals surface area contributed by atoms with Crippen molar-refractivity contribution < 1.29 is 0 Å². The molecule has 5 heteroatoms. The number of pyridine rings is 2. The summed E-state index contributed by atoms with van der Waals surface area (Å²) in [5.41, 5.74) is 1.43. The van der Waals surface area contributed by atoms with Crippen LogP contribution >= 0.6 is 11.6 Å². The summed E-state index contributed by atoms with van der Waals surface area (Å²) in [5.74, 6) is 0.657. The molecule has 0 N–H and O–H groups in total. The van der Waals surface area contributed by atoms with E-state index in [1.807, 2.05) is 30.1 Å². The van der Waals surface area contributed by atoms with Crippen molar-refractivity contribution in [2.45, 2.75) is 6.54 Å². The van der Waals surface area contributed by atoms with Gasteiger partial charge in [-0.1, -0.05) is 17.7 Å². The van der Waals surface area contributed by atoms with Crippen LogP contribution in [0.15, 0.2) is 36.5 Å². The van der Waals surface area contributed by atoms with E-state index in [-0.39, 0.29) is 0 Å². The van der Waals surface area contributed by atoms with Crippen molar-refractivity contribution in [2.24, 2.45) is 0 Å². The number of nitrogens with zero attached hydrogens (tertiary/aromatic N) is 4. The van der Waals surface area contributed by atoms with Crippen molar-refractivity contribution in [1.29, 1.82) is 5.26 Å². The van der Waals surface area contributed by atoms with Gasteiger partial charge in [0, 0.05) is 13.2 Å². The highest BCUT2D eigenvalue weighted by Gasteiger charge is 2.07. The number of anilines is 1. The minimum Gasteiger partial charge on any atom is -0.354 e. The van der Waals surface area contributed by atoms with E-state index in [4.69, 9.17) is 16.9 Å². The monoisotopic (exact) mass is 258 g/mol. The molecule has 0 atom stereocenters. The summed E-state index contributed by atoms with van der Waals surface area (Å²) in [5, 5.41) is 9.21. The summed E-state index contributed by atoms with van der Waals surface area (Å²) in [7, 11) is 1.88. The maximum atomic E-state index is 8.89. The van der Waals surface area contributed by atoms with Crippen LogP contribution in [0.25, 0.3) is 0 Å². The summed E-state index contributed by atoms with van der Waals surface area (Å²) in [6.45, 7) is 0.610. The van der Waals surface area contributed by atoms with E-state index >= 15 is 0 Å². The summed E-state index contributed by atoms with van der Waals surface area (Å²) < 4.78 is 0. The lowest BCUT2D eigenvalue weighted by Gasteiger charge is -2.17. The van der Waals surface area contributed by atoms with Crippen LogP contribution in [0.3, 0.4) is 0 Å². The Kier molecular flexibility index (Phi) is 3.75. The van der Waals surface area contributed by atoms with Gasteiger partial charge in [0.15, 0.2) is 0 Å². The van der Waals surface area contributed by atoms with Crippen LogP contribution < -0.4 is 4.90 Å². The van der Waals surface area contributed by atoms with Gasteiger partial charge < -0.3 is 4.90 Å². The number of halogens is 1. The third kappa shape index (κ3) is 2.96. The van der Waals surface area contributed by atoms with Crippen molar-refractivity contribution in [3.05, 3.63) is 52.9 Å². The minimum atomic E-state index is 0.317. The fourth-order valence-electron chi connectivity index (χ4n) is 1.56. The average Bonchev–Trinajstić information content (AvgIpc) is 2.39. The number of rotatable bonds is 3. The Morgan fingerprint density at radius 1 is 1.39 bits per heavy atom. The summed E-state index contributed by atoms with van der Waals surface area (Å²) >= 11 is 5.87. The summed E-state index contributed by atoms with van der Waals surface area (Å²) in [4.78, 5) is 10.3. The SMILES string of the molecule is CN(Cc1ccccn1)c1cc(C#N)cc(Cl)n1. The van der Waals surface area contributed by atoms with Crippen LogP contribution in [0, 0.1) is 11.3 Å². The fourth-order valence-corrected chi connectivity index (χ4v) is 1.76. The molecular weight excluding hydrogens is 248 g/mol. The van der Waals surface area contributed by atoms with Crippen LogP contribution in [-0.2, 0) is 6.54 Å². The molecule has 0 saturated heterocycles. The summed E-state index contributed by atoms with van der Waals surface area (Å²) in [6.07, 6.45) is 1.75. The number of aromatic nitrogens is 2. The van der Waals surface area contributed by atoms with E-state index in [2.05, 4.69) is 16.0 Å². The zero-order valence-corrected chi connectivity index (χ0v) is 10.6. The maximum absolute atomic E-state index is 8.89. The fraction of sp³-hybridized carbons (Fsp3) is 0.154. The molecule has 0 fully saturated rings. The van der Waals surface area contributed by atoms with Crippen LogP contribution in [0.1, 0.15) is 11.3 Å². The first-order chi connectivity index (χ1) is 8.69. The standard InChI is InChI=1S/C13H11ClN4/c1-18(9-11-4-2-3-5-16-11)13-7-10(8-15)6-12(14)17-13/h2-7H,9H2,1H3. The third-order valence-electron chi connectivity index (χ3n) is 2.43. The molecule has 4 nitrogen and oxygen atoms in total. The van der Waals surface area contributed by atoms with Crippen LogP contribution in [0.4, 0.5) is 5.82 Å². The molecule has 0 aromatic carbocycles. The van der Waals surface area contributed by atoms with Crippen molar-refractivity contribution in [3.8, 4) is 6.07 Å². The van der Waals surface area contributed by atoms with Gasteiger partial charge in [0.05, 0.1) is 23.9 Å². The Labute approximate surface area is 110 Å². The molecule has 2 heterocycles. The lowest BCUT2D eigenvalue weighted by Crippen LogP contribution is -2.18. The third-order valence-corrected chi connectivity index (χ3v) is 2.62. The van der Waals surface area contributed by atoms with Crippen molar-refractivity contribution in [2.75, 3.05) is 11.9 Å². The van der Waals surface area contributed by atoms with Crippen molar-refractivity contribution >= 4 is 17.4 Å². The predicted octanol–water partition coefficient (Wildman–Crippen LogP) is 2.64. The molecule has 2 aromatic rings. The second-order valence-electron chi connectivity index (χ2n) is 3.83. The van der Waals surface area contributed by atoms with Gasteiger partial charge in [0.2, 0.25) is 0 Å². The van der Waals surface area contributed by atoms with Gasteiger partial charge in [-0.2, -0.15) is 5.26 Å². The first-order valence-electron chi connectivity index (χ1n) is 5.38. The van der Waals surface area contributed by atoms with Crippen LogP contribution in [0.5, 0.6) is 0 Å². The molecule has 0 radical (unpaired) electrons. The van der Waals surface area contributed by atoms with Crippen molar-refractivity contribution in [3.63, 3.8) is 0 Å². The van der Waals surface area contributed by atoms with E-state index in [0.29, 0.717) is 23.1 Å². The zero-order chi connectivity index (χ0) is 13.0. The number of nitriles is 1. The van der Waals surface area contributed by atoms with Gasteiger partial charge in [0.1, 0.15) is 11.0 Å². The first-order valence-corrected chi connectivity index (χ1v) is 5.75. The lowest BCUT2D eigenvalue weighted by molar-refractivity contribution is 0.865. The van der Waals surface area contributed by atoms with Gasteiger partial charge in [-0.25, -0.2) is 4.98 Å². The quantitative estimate of drug-likeness (QED) is 0.794. The van der Waals surface area contributed by atoms with E-state index < -0.39 is 0 Å². The van der Waals surface area contributed by atoms with Crippen molar-refractivity contribution in [1.82, 2.24) is 9.97 Å². The molecule has 0 bridgehead atoms. The Hall–Kier alpha value is -2.12. The molecule has 90 valence electrons. The Morgan fingerprint density at radius 2 is 2.22 bits per heavy atom. The largest absolute Gasteiger partial charge is 0.354 e. The van der Waals surface area contributed by atoms with E-state index in [1.54, 1.807) is 18.3 Å². The van der Waals surface area contributed by atoms with Gasteiger partial charge in [-0.3, -0.25) is 4.98 Å². The highest BCUT2D eigenvalue weighted by Crippen LogP contribution is 2.18. The Balaban J connectivity index is 2.21. The molecule has 0 spiro atoms. The molecule has 18 heavy (non-hydrogen) atoms. The molecule has 0 aliphatic heterocycles. The molecule has 2 aromatic heterocycles. The first kappa shape index (κ1) is 12.3. The van der Waals surface area contributed by atoms with Gasteiger partial charge >= 0.3 is 0 Å². The van der Waals surface area contributed by atoms with Crippen LogP contribution in [-0.4, -0.2) is 17.0 Å². The zero-order valence-electron chi connectivity index (χ0n) is 9.84. The normalized spacial score (nSPS) is 9.83. The average molecular weight is 259 g/mol. The summed E-state index contributed by atoms with van der Waals surface area (Å²) in [6, 6.07) is 11.0. The minimum absolute atomic E-state index is 0.317. The topological polar surface area (TPSA) is 52.8 Å². The number of hydrogen-bond donors (Lipinski definition) is 0. The molecule has 0 amide bonds. The predicted molar refractivity (Wildman–Crippen MR) is 70.3 cm³/mol. The van der Waals surface area contributed by atoms with E-state index in [1.165, 1.54) is 0 Å². The second-order valence-corrected chi connectivity index (χ2v) is 4.21. The van der Waals surface area contributed by atoms with E-state index in [0.717, 1.165) is 5.69 Å². The van der Waals surface area contributed by atoms with Gasteiger partial charge in [0.25, 0.3) is 0 Å². The second kappa shape index (κ2) is 5.48.